The predicted octanol–water partition coefficient (Wildman–Crippen LogP) is 3.87. The number of fused-ring (bicyclic) bond motifs is 1. The van der Waals surface area contributed by atoms with Gasteiger partial charge >= 0.3 is 5.97 Å². The van der Waals surface area contributed by atoms with Crippen LogP contribution in [-0.2, 0) is 11.2 Å². The lowest BCUT2D eigenvalue weighted by atomic mass is 9.81. The minimum Gasteiger partial charge on any atom is -0.461 e. The molecule has 5 heteroatoms. The molecule has 1 heterocycles. The zero-order valence-corrected chi connectivity index (χ0v) is 15.9. The van der Waals surface area contributed by atoms with Crippen LogP contribution in [0.1, 0.15) is 63.4 Å². The van der Waals surface area contributed by atoms with Crippen LogP contribution >= 0.6 is 0 Å². The quantitative estimate of drug-likeness (QED) is 0.828. The largest absolute Gasteiger partial charge is 0.461 e. The minimum absolute atomic E-state index is 0.0937. The van der Waals surface area contributed by atoms with E-state index in [1.165, 1.54) is 0 Å². The summed E-state index contributed by atoms with van der Waals surface area (Å²) in [6.07, 6.45) is 1.97. The van der Waals surface area contributed by atoms with E-state index in [9.17, 15) is 9.59 Å². The molecule has 0 saturated carbocycles. The van der Waals surface area contributed by atoms with Crippen molar-refractivity contribution in [2.45, 2.75) is 39.0 Å². The van der Waals surface area contributed by atoms with Crippen LogP contribution in [-0.4, -0.2) is 37.4 Å². The molecule has 0 fully saturated rings. The average Bonchev–Trinajstić information content (AvgIpc) is 2.97. The van der Waals surface area contributed by atoms with Crippen LogP contribution in [0.15, 0.2) is 24.3 Å². The molecule has 5 nitrogen and oxygen atoms in total. The third-order valence-electron chi connectivity index (χ3n) is 5.01. The van der Waals surface area contributed by atoms with Gasteiger partial charge in [0, 0.05) is 37.5 Å². The molecule has 1 N–H and O–H groups in total. The van der Waals surface area contributed by atoms with Crippen molar-refractivity contribution in [3.05, 3.63) is 52.3 Å². The molecule has 1 aliphatic carbocycles. The molecule has 1 aromatic heterocycles. The summed E-state index contributed by atoms with van der Waals surface area (Å²) in [6, 6.07) is 8.32. The predicted molar refractivity (Wildman–Crippen MR) is 102 cm³/mol. The Morgan fingerprint density at radius 1 is 1.23 bits per heavy atom. The van der Waals surface area contributed by atoms with E-state index in [4.69, 9.17) is 4.74 Å². The second kappa shape index (κ2) is 7.36. The summed E-state index contributed by atoms with van der Waals surface area (Å²) in [7, 11) is 4.01. The molecule has 0 saturated heterocycles. The topological polar surface area (TPSA) is 62.4 Å². The van der Waals surface area contributed by atoms with E-state index in [2.05, 4.69) is 34.1 Å². The van der Waals surface area contributed by atoms with E-state index in [1.807, 2.05) is 27.9 Å². The first kappa shape index (κ1) is 18.2. The number of esters is 1. The van der Waals surface area contributed by atoms with Gasteiger partial charge in [0.2, 0.25) is 0 Å². The van der Waals surface area contributed by atoms with Gasteiger partial charge in [-0.2, -0.15) is 0 Å². The van der Waals surface area contributed by atoms with E-state index in [1.54, 1.807) is 0 Å². The van der Waals surface area contributed by atoms with Gasteiger partial charge in [-0.05, 0) is 48.9 Å². The van der Waals surface area contributed by atoms with Crippen molar-refractivity contribution in [3.8, 4) is 0 Å². The lowest BCUT2D eigenvalue weighted by Gasteiger charge is -2.23. The van der Waals surface area contributed by atoms with Gasteiger partial charge in [-0.3, -0.25) is 4.79 Å². The fourth-order valence-electron chi connectivity index (χ4n) is 3.58. The highest BCUT2D eigenvalue weighted by Gasteiger charge is 2.32. The molecule has 0 spiro atoms. The normalized spacial score (nSPS) is 16.3. The molecule has 0 unspecified atom stereocenters. The Kier molecular flexibility index (Phi) is 5.16. The van der Waals surface area contributed by atoms with E-state index in [0.717, 1.165) is 29.8 Å². The number of H-pyrrole nitrogens is 1. The van der Waals surface area contributed by atoms with Gasteiger partial charge in [-0.25, -0.2) is 4.79 Å². The van der Waals surface area contributed by atoms with Crippen molar-refractivity contribution >= 4 is 17.4 Å². The van der Waals surface area contributed by atoms with Gasteiger partial charge in [0.1, 0.15) is 5.69 Å². The average molecular weight is 354 g/mol. The zero-order valence-electron chi connectivity index (χ0n) is 15.9. The van der Waals surface area contributed by atoms with Gasteiger partial charge in [0.15, 0.2) is 5.78 Å². The van der Waals surface area contributed by atoms with Gasteiger partial charge in [0.05, 0.1) is 6.61 Å². The Morgan fingerprint density at radius 2 is 1.92 bits per heavy atom. The molecule has 138 valence electrons. The Morgan fingerprint density at radius 3 is 2.54 bits per heavy atom. The van der Waals surface area contributed by atoms with Crippen LogP contribution in [0.3, 0.4) is 0 Å². The molecule has 1 aliphatic rings. The highest BCUT2D eigenvalue weighted by molar-refractivity contribution is 6.03. The number of carbonyl (C=O) groups is 2. The lowest BCUT2D eigenvalue weighted by molar-refractivity contribution is 0.0498. The zero-order chi connectivity index (χ0) is 18.8. The number of hydrogen-bond donors (Lipinski definition) is 1. The molecule has 0 amide bonds. The second-order valence-electron chi connectivity index (χ2n) is 7.13. The summed E-state index contributed by atoms with van der Waals surface area (Å²) < 4.78 is 5.23. The van der Waals surface area contributed by atoms with Crippen LogP contribution < -0.4 is 4.90 Å². The number of nitrogens with one attached hydrogen (secondary N) is 1. The van der Waals surface area contributed by atoms with Crippen LogP contribution in [0.5, 0.6) is 0 Å². The van der Waals surface area contributed by atoms with Gasteiger partial charge in [-0.15, -0.1) is 0 Å². The molecule has 0 radical (unpaired) electrons. The van der Waals surface area contributed by atoms with E-state index in [0.29, 0.717) is 29.8 Å². The van der Waals surface area contributed by atoms with Crippen LogP contribution in [0, 0.1) is 6.92 Å². The lowest BCUT2D eigenvalue weighted by Crippen LogP contribution is -2.18. The molecule has 2 aromatic rings. The van der Waals surface area contributed by atoms with Crippen LogP contribution in [0.4, 0.5) is 5.69 Å². The van der Waals surface area contributed by atoms with Crippen molar-refractivity contribution in [2.75, 3.05) is 25.6 Å². The van der Waals surface area contributed by atoms with E-state index in [-0.39, 0.29) is 17.7 Å². The monoisotopic (exact) mass is 354 g/mol. The summed E-state index contributed by atoms with van der Waals surface area (Å²) in [5.74, 6) is -0.154. The third-order valence-corrected chi connectivity index (χ3v) is 5.01. The van der Waals surface area contributed by atoms with Crippen LogP contribution in [0.25, 0.3) is 0 Å². The third kappa shape index (κ3) is 3.39. The minimum atomic E-state index is -0.376. The first-order valence-electron chi connectivity index (χ1n) is 9.11. The Labute approximate surface area is 154 Å². The van der Waals surface area contributed by atoms with Crippen molar-refractivity contribution in [2.24, 2.45) is 0 Å². The van der Waals surface area contributed by atoms with Crippen LogP contribution in [0.2, 0.25) is 0 Å². The first-order chi connectivity index (χ1) is 12.4. The summed E-state index contributed by atoms with van der Waals surface area (Å²) in [4.78, 5) is 30.2. The number of nitrogens with zero attached hydrogens (tertiary/aromatic N) is 1. The number of ether oxygens (including phenoxy) is 1. The number of rotatable bonds is 5. The molecule has 26 heavy (non-hydrogen) atoms. The maximum Gasteiger partial charge on any atom is 0.355 e. The molecule has 0 bridgehead atoms. The maximum atomic E-state index is 12.7. The van der Waals surface area contributed by atoms with Gasteiger partial charge in [0.25, 0.3) is 0 Å². The summed E-state index contributed by atoms with van der Waals surface area (Å²) in [5, 5.41) is 0. The number of ketones is 1. The molecule has 3 rings (SSSR count). The van der Waals surface area contributed by atoms with Crippen molar-refractivity contribution in [3.63, 3.8) is 0 Å². The molecule has 0 aliphatic heterocycles. The SMILES string of the molecule is CCCOC(=O)c1[nH]c2c(c1C)C(=O)C[C@@H](c1ccc(N(C)C)cc1)C2. The number of hydrogen-bond acceptors (Lipinski definition) is 4. The Balaban J connectivity index is 1.86. The number of aromatic nitrogens is 1. The fourth-order valence-corrected chi connectivity index (χ4v) is 3.58. The fraction of sp³-hybridized carbons (Fsp3) is 0.429. The van der Waals surface area contributed by atoms with Crippen molar-refractivity contribution in [1.29, 1.82) is 0 Å². The smallest absolute Gasteiger partial charge is 0.355 e. The standard InChI is InChI=1S/C21H26N2O3/c1-5-10-26-21(25)20-13(2)19-17(22-20)11-15(12-18(19)24)14-6-8-16(9-7-14)23(3)4/h6-9,15,22H,5,10-12H2,1-4H3/t15-/m0/s1. The Bertz CT molecular complexity index is 819. The molecular weight excluding hydrogens is 328 g/mol. The summed E-state index contributed by atoms with van der Waals surface area (Å²) in [6.45, 7) is 4.16. The number of carbonyl (C=O) groups excluding carboxylic acids is 2. The highest BCUT2D eigenvalue weighted by atomic mass is 16.5. The van der Waals surface area contributed by atoms with Crippen molar-refractivity contribution < 1.29 is 14.3 Å². The number of anilines is 1. The van der Waals surface area contributed by atoms with Crippen molar-refractivity contribution in [1.82, 2.24) is 4.98 Å². The summed E-state index contributed by atoms with van der Waals surface area (Å²) in [5.41, 5.74) is 4.94. The summed E-state index contributed by atoms with van der Waals surface area (Å²) >= 11 is 0. The molecule has 1 aromatic carbocycles. The molecular formula is C21H26N2O3. The number of Topliss-reactive ketones (excluding diaryl/α,β-unsaturated/α-hetero) is 1. The highest BCUT2D eigenvalue weighted by Crippen LogP contribution is 2.35. The number of benzene rings is 1. The number of aromatic amines is 1. The Hall–Kier alpha value is -2.56. The molecule has 1 atom stereocenters. The van der Waals surface area contributed by atoms with Gasteiger partial charge in [-0.1, -0.05) is 19.1 Å². The first-order valence-corrected chi connectivity index (χ1v) is 9.11. The van der Waals surface area contributed by atoms with Gasteiger partial charge < -0.3 is 14.6 Å². The van der Waals surface area contributed by atoms with E-state index < -0.39 is 0 Å². The van der Waals surface area contributed by atoms with E-state index >= 15 is 0 Å². The second-order valence-corrected chi connectivity index (χ2v) is 7.13. The maximum absolute atomic E-state index is 12.7.